The molecular formula is C25H48ClNO7S. The highest BCUT2D eigenvalue weighted by molar-refractivity contribution is 7.98. The monoisotopic (exact) mass is 541 g/mol. The van der Waals surface area contributed by atoms with Crippen LogP contribution < -0.4 is 5.32 Å². The molecular weight excluding hydrogens is 494 g/mol. The molecule has 1 aliphatic carbocycles. The van der Waals surface area contributed by atoms with E-state index in [1.54, 1.807) is 6.92 Å². The minimum atomic E-state index is -1.87. The lowest BCUT2D eigenvalue weighted by atomic mass is 9.63. The van der Waals surface area contributed by atoms with Crippen molar-refractivity contribution in [1.82, 2.24) is 5.32 Å². The van der Waals surface area contributed by atoms with Gasteiger partial charge in [0.05, 0.1) is 6.10 Å². The smallest absolute Gasteiger partial charge is 0.414 e. The summed E-state index contributed by atoms with van der Waals surface area (Å²) in [5.74, 6) is -0.0568. The topological polar surface area (TPSA) is 114 Å². The summed E-state index contributed by atoms with van der Waals surface area (Å²) in [5, 5.41) is 24.5. The summed E-state index contributed by atoms with van der Waals surface area (Å²) in [4.78, 5) is 23.3. The number of aliphatic hydroxyl groups excluding tert-OH is 1. The second-order valence-electron chi connectivity index (χ2n) is 8.51. The van der Waals surface area contributed by atoms with Crippen LogP contribution in [0.3, 0.4) is 0 Å². The van der Waals surface area contributed by atoms with Crippen LogP contribution in [0, 0.1) is 5.92 Å². The summed E-state index contributed by atoms with van der Waals surface area (Å²) in [6, 6.07) is 0. The van der Waals surface area contributed by atoms with Crippen LogP contribution in [0.5, 0.6) is 0 Å². The zero-order valence-electron chi connectivity index (χ0n) is 23.1. The number of allylic oxidation sites excluding steroid dienone is 2. The Kier molecular flexibility index (Phi) is 19.1. The van der Waals surface area contributed by atoms with Gasteiger partial charge in [0.1, 0.15) is 29.3 Å². The van der Waals surface area contributed by atoms with Crippen molar-refractivity contribution in [1.29, 1.82) is 0 Å². The SMILES string of the molecule is CC.CCSC.CO[C@@H]1[C@H](OC(=O)NC(=O)CCl)CC[C@@H](O)[C@@]1(O)[C@@](C)(OC)C(C)CC=C(C)C. The molecule has 1 saturated carbocycles. The molecule has 10 heteroatoms. The number of aliphatic hydroxyl groups is 2. The zero-order chi connectivity index (χ0) is 27.8. The number of methoxy groups -OCH3 is 2. The average molecular weight is 542 g/mol. The minimum absolute atomic E-state index is 0.159. The van der Waals surface area contributed by atoms with Crippen molar-refractivity contribution >= 4 is 35.4 Å². The van der Waals surface area contributed by atoms with Crippen molar-refractivity contribution in [3.63, 3.8) is 0 Å². The number of imide groups is 1. The molecule has 0 aromatic rings. The molecule has 0 aromatic carbocycles. The number of carbonyl (C=O) groups excluding carboxylic acids is 2. The first-order valence-corrected chi connectivity index (χ1v) is 14.0. The van der Waals surface area contributed by atoms with Gasteiger partial charge in [-0.1, -0.05) is 39.3 Å². The highest BCUT2D eigenvalue weighted by atomic mass is 35.5. The lowest BCUT2D eigenvalue weighted by Crippen LogP contribution is -2.74. The Morgan fingerprint density at radius 1 is 1.29 bits per heavy atom. The molecule has 6 atom stereocenters. The van der Waals surface area contributed by atoms with Gasteiger partial charge >= 0.3 is 6.09 Å². The highest BCUT2D eigenvalue weighted by Crippen LogP contribution is 2.46. The molecule has 0 radical (unpaired) electrons. The van der Waals surface area contributed by atoms with Crippen molar-refractivity contribution in [2.45, 2.75) is 97.2 Å². The van der Waals surface area contributed by atoms with Crippen LogP contribution >= 0.6 is 23.4 Å². The van der Waals surface area contributed by atoms with Crippen LogP contribution in [-0.4, -0.2) is 83.8 Å². The first kappa shape index (κ1) is 36.3. The van der Waals surface area contributed by atoms with Gasteiger partial charge in [-0.25, -0.2) is 4.79 Å². The Balaban J connectivity index is 0. The van der Waals surface area contributed by atoms with E-state index in [1.165, 1.54) is 20.0 Å². The third kappa shape index (κ3) is 10.2. The number of hydrogen-bond acceptors (Lipinski definition) is 8. The molecule has 1 unspecified atom stereocenters. The van der Waals surface area contributed by atoms with E-state index >= 15 is 0 Å². The molecule has 1 aliphatic rings. The van der Waals surface area contributed by atoms with E-state index in [4.69, 9.17) is 25.8 Å². The fraction of sp³-hybridized carbons (Fsp3) is 0.840. The quantitative estimate of drug-likeness (QED) is 0.288. The van der Waals surface area contributed by atoms with Crippen molar-refractivity contribution in [2.24, 2.45) is 5.92 Å². The van der Waals surface area contributed by atoms with Crippen molar-refractivity contribution in [2.75, 3.05) is 32.1 Å². The van der Waals surface area contributed by atoms with Gasteiger partial charge < -0.3 is 24.4 Å². The standard InChI is InChI=1S/C20H34ClNO7.C3H8S.C2H6/c1-12(2)7-8-13(3)19(4,28-6)20(26)15(23)10-9-14(17(20)27-5)29-18(25)22-16(24)11-21;1-3-4-2;1-2/h7,13-15,17,23,26H,8-11H2,1-6H3,(H,22,24,25);3H2,1-2H3;1-2H3/t13?,14-,15-,17-,19+,20+;;/m1../s1. The molecule has 1 fully saturated rings. The lowest BCUT2D eigenvalue weighted by molar-refractivity contribution is -0.296. The van der Waals surface area contributed by atoms with Gasteiger partial charge in [-0.3, -0.25) is 10.1 Å². The third-order valence-electron chi connectivity index (χ3n) is 6.21. The molecule has 0 aromatic heterocycles. The summed E-state index contributed by atoms with van der Waals surface area (Å²) >= 11 is 7.24. The summed E-state index contributed by atoms with van der Waals surface area (Å²) < 4.78 is 16.6. The molecule has 35 heavy (non-hydrogen) atoms. The van der Waals surface area contributed by atoms with Gasteiger partial charge in [-0.15, -0.1) is 11.6 Å². The van der Waals surface area contributed by atoms with E-state index in [9.17, 15) is 19.8 Å². The molecule has 8 nitrogen and oxygen atoms in total. The van der Waals surface area contributed by atoms with Gasteiger partial charge in [-0.05, 0) is 58.0 Å². The summed E-state index contributed by atoms with van der Waals surface area (Å²) in [6.45, 7) is 13.7. The molecule has 208 valence electrons. The highest BCUT2D eigenvalue weighted by Gasteiger charge is 2.64. The molecule has 3 N–H and O–H groups in total. The van der Waals surface area contributed by atoms with Gasteiger partial charge in [0.15, 0.2) is 0 Å². The first-order chi connectivity index (χ1) is 16.4. The first-order valence-electron chi connectivity index (χ1n) is 12.1. The van der Waals surface area contributed by atoms with Gasteiger partial charge in [0.25, 0.3) is 0 Å². The number of hydrogen-bond donors (Lipinski definition) is 3. The zero-order valence-corrected chi connectivity index (χ0v) is 24.7. The number of amides is 2. The molecule has 0 bridgehead atoms. The number of rotatable bonds is 9. The maximum Gasteiger partial charge on any atom is 0.414 e. The van der Waals surface area contributed by atoms with Crippen LogP contribution in [-0.2, 0) is 19.0 Å². The molecule has 0 saturated heterocycles. The fourth-order valence-corrected chi connectivity index (χ4v) is 4.01. The molecule has 0 heterocycles. The van der Waals surface area contributed by atoms with Crippen molar-refractivity contribution < 1.29 is 34.0 Å². The summed E-state index contributed by atoms with van der Waals surface area (Å²) in [6.07, 6.45) is 0.995. The Labute approximate surface area is 221 Å². The van der Waals surface area contributed by atoms with E-state index in [0.29, 0.717) is 6.42 Å². The predicted octanol–water partition coefficient (Wildman–Crippen LogP) is 4.54. The molecule has 0 spiro atoms. The van der Waals surface area contributed by atoms with Crippen LogP contribution in [0.4, 0.5) is 4.79 Å². The van der Waals surface area contributed by atoms with Gasteiger partial charge in [0.2, 0.25) is 5.91 Å². The Morgan fingerprint density at radius 2 is 1.83 bits per heavy atom. The van der Waals surface area contributed by atoms with E-state index in [1.807, 2.05) is 57.8 Å². The maximum atomic E-state index is 12.0. The number of thioether (sulfide) groups is 1. The van der Waals surface area contributed by atoms with Crippen LogP contribution in [0.1, 0.15) is 67.7 Å². The van der Waals surface area contributed by atoms with E-state index < -0.39 is 41.5 Å². The minimum Gasteiger partial charge on any atom is -0.443 e. The van der Waals surface area contributed by atoms with Gasteiger partial charge in [-0.2, -0.15) is 11.8 Å². The Hall–Kier alpha value is -0.840. The van der Waals surface area contributed by atoms with E-state index in [2.05, 4.69) is 13.2 Å². The lowest BCUT2D eigenvalue weighted by Gasteiger charge is -2.56. The largest absolute Gasteiger partial charge is 0.443 e. The van der Waals surface area contributed by atoms with E-state index in [0.717, 1.165) is 5.57 Å². The van der Waals surface area contributed by atoms with Crippen LogP contribution in [0.25, 0.3) is 0 Å². The summed E-state index contributed by atoms with van der Waals surface area (Å²) in [7, 11) is 2.83. The predicted molar refractivity (Wildman–Crippen MR) is 144 cm³/mol. The van der Waals surface area contributed by atoms with Crippen molar-refractivity contribution in [3.05, 3.63) is 11.6 Å². The molecule has 2 amide bonds. The number of carbonyl (C=O) groups is 2. The Bertz CT molecular complexity index is 645. The third-order valence-corrected chi connectivity index (χ3v) is 7.03. The Morgan fingerprint density at radius 3 is 2.23 bits per heavy atom. The second kappa shape index (κ2) is 18.4. The number of ether oxygens (including phenoxy) is 3. The normalized spacial score (nSPS) is 25.9. The molecule has 1 rings (SSSR count). The van der Waals surface area contributed by atoms with Crippen molar-refractivity contribution in [3.8, 4) is 0 Å². The second-order valence-corrected chi connectivity index (χ2v) is 9.93. The number of alkyl halides is 1. The average Bonchev–Trinajstić information content (AvgIpc) is 2.85. The summed E-state index contributed by atoms with van der Waals surface area (Å²) in [5.41, 5.74) is -1.97. The van der Waals surface area contributed by atoms with E-state index in [-0.39, 0.29) is 24.6 Å². The molecule has 0 aliphatic heterocycles. The number of halogens is 1. The fourth-order valence-electron chi connectivity index (χ4n) is 3.94. The van der Waals surface area contributed by atoms with Gasteiger partial charge in [0, 0.05) is 14.2 Å². The van der Waals surface area contributed by atoms with Crippen LogP contribution in [0.2, 0.25) is 0 Å². The number of alkyl carbamates (subject to hydrolysis) is 1. The van der Waals surface area contributed by atoms with Crippen LogP contribution in [0.15, 0.2) is 11.6 Å². The maximum absolute atomic E-state index is 12.0. The number of nitrogens with one attached hydrogen (secondary N) is 1.